The highest BCUT2D eigenvalue weighted by molar-refractivity contribution is 5.91. The van der Waals surface area contributed by atoms with E-state index in [-0.39, 0.29) is 11.6 Å². The molecule has 0 aliphatic heterocycles. The van der Waals surface area contributed by atoms with E-state index in [2.05, 4.69) is 6.92 Å². The number of hydrogen-bond donors (Lipinski definition) is 0. The molecule has 1 aliphatic carbocycles. The van der Waals surface area contributed by atoms with Crippen LogP contribution in [0.5, 0.6) is 0 Å². The number of allylic oxidation sites excluding steroid dienone is 4. The van der Waals surface area contributed by atoms with Crippen molar-refractivity contribution in [2.45, 2.75) is 40.0 Å². The zero-order valence-electron chi connectivity index (χ0n) is 10.3. The van der Waals surface area contributed by atoms with E-state index < -0.39 is 0 Å². The van der Waals surface area contributed by atoms with Crippen LogP contribution in [-0.2, 0) is 9.59 Å². The molecular weight excluding hydrogens is 200 g/mol. The van der Waals surface area contributed by atoms with Gasteiger partial charge >= 0.3 is 0 Å². The van der Waals surface area contributed by atoms with E-state index in [0.29, 0.717) is 24.7 Å². The lowest BCUT2D eigenvalue weighted by molar-refractivity contribution is -0.115. The van der Waals surface area contributed by atoms with Crippen molar-refractivity contribution < 1.29 is 9.59 Å². The smallest absolute Gasteiger partial charge is 0.155 e. The van der Waals surface area contributed by atoms with Crippen molar-refractivity contribution in [1.82, 2.24) is 0 Å². The fourth-order valence-electron chi connectivity index (χ4n) is 2.04. The summed E-state index contributed by atoms with van der Waals surface area (Å²) in [6.45, 7) is 5.95. The van der Waals surface area contributed by atoms with E-state index in [1.165, 1.54) is 0 Å². The predicted molar refractivity (Wildman–Crippen MR) is 65.1 cm³/mol. The molecule has 2 heteroatoms. The molecule has 0 bridgehead atoms. The summed E-state index contributed by atoms with van der Waals surface area (Å²) in [5.41, 5.74) is 1.05. The van der Waals surface area contributed by atoms with Crippen molar-refractivity contribution in [3.63, 3.8) is 0 Å². The molecule has 0 aromatic carbocycles. The van der Waals surface area contributed by atoms with Gasteiger partial charge in [-0.05, 0) is 44.3 Å². The first-order chi connectivity index (χ1) is 7.49. The minimum Gasteiger partial charge on any atom is -0.295 e. The van der Waals surface area contributed by atoms with Gasteiger partial charge in [0.1, 0.15) is 0 Å². The van der Waals surface area contributed by atoms with Gasteiger partial charge < -0.3 is 0 Å². The Bertz CT molecular complexity index is 333. The monoisotopic (exact) mass is 220 g/mol. The van der Waals surface area contributed by atoms with E-state index in [0.717, 1.165) is 12.0 Å². The first-order valence-electron chi connectivity index (χ1n) is 5.88. The van der Waals surface area contributed by atoms with Gasteiger partial charge in [-0.1, -0.05) is 18.6 Å². The highest BCUT2D eigenvalue weighted by Crippen LogP contribution is 2.25. The molecule has 16 heavy (non-hydrogen) atoms. The van der Waals surface area contributed by atoms with Crippen LogP contribution in [0.4, 0.5) is 0 Å². The van der Waals surface area contributed by atoms with E-state index in [1.54, 1.807) is 12.2 Å². The summed E-state index contributed by atoms with van der Waals surface area (Å²) in [5.74, 6) is 1.11. The largest absolute Gasteiger partial charge is 0.295 e. The summed E-state index contributed by atoms with van der Waals surface area (Å²) in [5, 5.41) is 0. The van der Waals surface area contributed by atoms with Gasteiger partial charge in [0.15, 0.2) is 11.6 Å². The molecule has 0 N–H and O–H groups in total. The standard InChI is InChI=1S/C14H20O2/c1-10(2)8-14(16)9-11(3)12-4-6-13(15)7-5-12/h4,6,8,11-12H,5,7,9H2,1-3H3. The Morgan fingerprint density at radius 3 is 2.75 bits per heavy atom. The molecule has 1 aliphatic rings. The van der Waals surface area contributed by atoms with Crippen LogP contribution in [0.25, 0.3) is 0 Å². The molecule has 2 nitrogen and oxygen atoms in total. The highest BCUT2D eigenvalue weighted by Gasteiger charge is 2.20. The topological polar surface area (TPSA) is 34.1 Å². The summed E-state index contributed by atoms with van der Waals surface area (Å²) in [7, 11) is 0. The summed E-state index contributed by atoms with van der Waals surface area (Å²) >= 11 is 0. The van der Waals surface area contributed by atoms with Gasteiger partial charge in [-0.15, -0.1) is 0 Å². The van der Waals surface area contributed by atoms with Crippen molar-refractivity contribution in [2.75, 3.05) is 0 Å². The van der Waals surface area contributed by atoms with Crippen LogP contribution in [0.15, 0.2) is 23.8 Å². The molecule has 0 heterocycles. The van der Waals surface area contributed by atoms with Crippen molar-refractivity contribution in [2.24, 2.45) is 11.8 Å². The molecule has 1 rings (SSSR count). The molecule has 2 unspecified atom stereocenters. The molecule has 0 saturated heterocycles. The van der Waals surface area contributed by atoms with Crippen LogP contribution in [0.3, 0.4) is 0 Å². The van der Waals surface area contributed by atoms with Crippen molar-refractivity contribution in [3.05, 3.63) is 23.8 Å². The third-order valence-electron chi connectivity index (χ3n) is 2.96. The number of carbonyl (C=O) groups is 2. The average molecular weight is 220 g/mol. The van der Waals surface area contributed by atoms with Crippen LogP contribution in [0.2, 0.25) is 0 Å². The molecule has 0 radical (unpaired) electrons. The van der Waals surface area contributed by atoms with Gasteiger partial charge in [0, 0.05) is 12.8 Å². The molecule has 88 valence electrons. The predicted octanol–water partition coefficient (Wildman–Crippen LogP) is 3.08. The van der Waals surface area contributed by atoms with Crippen LogP contribution >= 0.6 is 0 Å². The highest BCUT2D eigenvalue weighted by atomic mass is 16.1. The third-order valence-corrected chi connectivity index (χ3v) is 2.96. The molecule has 0 amide bonds. The first kappa shape index (κ1) is 12.9. The van der Waals surface area contributed by atoms with E-state index in [9.17, 15) is 9.59 Å². The summed E-state index contributed by atoms with van der Waals surface area (Å²) in [6, 6.07) is 0. The Labute approximate surface area is 97.4 Å². The van der Waals surface area contributed by atoms with Crippen LogP contribution in [-0.4, -0.2) is 11.6 Å². The van der Waals surface area contributed by atoms with E-state index in [1.807, 2.05) is 19.9 Å². The molecule has 0 spiro atoms. The van der Waals surface area contributed by atoms with Gasteiger partial charge in [0.2, 0.25) is 0 Å². The maximum Gasteiger partial charge on any atom is 0.155 e. The van der Waals surface area contributed by atoms with Crippen molar-refractivity contribution in [3.8, 4) is 0 Å². The number of ketones is 2. The summed E-state index contributed by atoms with van der Waals surface area (Å²) in [4.78, 5) is 22.6. The zero-order chi connectivity index (χ0) is 12.1. The van der Waals surface area contributed by atoms with Gasteiger partial charge in [0.25, 0.3) is 0 Å². The minimum absolute atomic E-state index is 0.192. The normalized spacial score (nSPS) is 21.7. The second kappa shape index (κ2) is 5.78. The third kappa shape index (κ3) is 4.13. The zero-order valence-corrected chi connectivity index (χ0v) is 10.3. The first-order valence-corrected chi connectivity index (χ1v) is 5.88. The van der Waals surface area contributed by atoms with Crippen molar-refractivity contribution in [1.29, 1.82) is 0 Å². The van der Waals surface area contributed by atoms with Crippen LogP contribution in [0, 0.1) is 11.8 Å². The lowest BCUT2D eigenvalue weighted by Gasteiger charge is -2.21. The lowest BCUT2D eigenvalue weighted by atomic mass is 9.82. The number of rotatable bonds is 4. The molecular formula is C14H20O2. The molecule has 0 aromatic rings. The fourth-order valence-corrected chi connectivity index (χ4v) is 2.04. The molecule has 0 saturated carbocycles. The Morgan fingerprint density at radius 2 is 2.25 bits per heavy atom. The van der Waals surface area contributed by atoms with Crippen LogP contribution < -0.4 is 0 Å². The summed E-state index contributed by atoms with van der Waals surface area (Å²) in [6.07, 6.45) is 7.42. The maximum absolute atomic E-state index is 11.6. The van der Waals surface area contributed by atoms with E-state index >= 15 is 0 Å². The van der Waals surface area contributed by atoms with Crippen LogP contribution in [0.1, 0.15) is 40.0 Å². The fraction of sp³-hybridized carbons (Fsp3) is 0.571. The molecule has 2 atom stereocenters. The Hall–Kier alpha value is -1.18. The average Bonchev–Trinajstić information content (AvgIpc) is 2.16. The second-order valence-electron chi connectivity index (χ2n) is 4.90. The Balaban J connectivity index is 2.50. The Morgan fingerprint density at radius 1 is 1.56 bits per heavy atom. The van der Waals surface area contributed by atoms with Crippen molar-refractivity contribution >= 4 is 11.6 Å². The number of hydrogen-bond acceptors (Lipinski definition) is 2. The minimum atomic E-state index is 0.192. The quantitative estimate of drug-likeness (QED) is 0.682. The van der Waals surface area contributed by atoms with Gasteiger partial charge in [-0.25, -0.2) is 0 Å². The maximum atomic E-state index is 11.6. The lowest BCUT2D eigenvalue weighted by Crippen LogP contribution is -2.17. The van der Waals surface area contributed by atoms with E-state index in [4.69, 9.17) is 0 Å². The number of carbonyl (C=O) groups excluding carboxylic acids is 2. The SMILES string of the molecule is CC(C)=CC(=O)CC(C)C1C=CC(=O)CC1. The second-order valence-corrected chi connectivity index (χ2v) is 4.90. The molecule has 0 aromatic heterocycles. The van der Waals surface area contributed by atoms with Gasteiger partial charge in [-0.3, -0.25) is 9.59 Å². The van der Waals surface area contributed by atoms with Gasteiger partial charge in [0.05, 0.1) is 0 Å². The Kier molecular flexibility index (Phi) is 4.66. The van der Waals surface area contributed by atoms with Gasteiger partial charge in [-0.2, -0.15) is 0 Å². The summed E-state index contributed by atoms with van der Waals surface area (Å²) < 4.78 is 0. The molecule has 0 fully saturated rings.